The fourth-order valence-corrected chi connectivity index (χ4v) is 6.59. The zero-order valence-electron chi connectivity index (χ0n) is 25.6. The third-order valence-electron chi connectivity index (χ3n) is 7.62. The second-order valence-electron chi connectivity index (χ2n) is 10.9. The lowest BCUT2D eigenvalue weighted by molar-refractivity contribution is -0.121. The molecule has 0 bridgehead atoms. The Balaban J connectivity index is 1.18. The van der Waals surface area contributed by atoms with Gasteiger partial charge in [0.15, 0.2) is 5.82 Å². The molecule has 4 aromatic rings. The molecule has 11 heteroatoms. The van der Waals surface area contributed by atoms with Crippen molar-refractivity contribution in [2.75, 3.05) is 18.4 Å². The van der Waals surface area contributed by atoms with E-state index in [4.69, 9.17) is 22.3 Å². The quantitative estimate of drug-likeness (QED) is 0.149. The van der Waals surface area contributed by atoms with E-state index >= 15 is 0 Å². The van der Waals surface area contributed by atoms with Gasteiger partial charge in [0, 0.05) is 45.2 Å². The normalized spacial score (nSPS) is 13.5. The van der Waals surface area contributed by atoms with Gasteiger partial charge in [-0.15, -0.1) is 21.5 Å². The standard InChI is InChI=1S/C34H36ClN7O2S/c1-21-22(2)45-34-31(21)32(25-13-15-26(35)16-14-25)39-28(33-41-40-23(3)42(33)34)20-30(44)37-18-6-4-5-12-29(43)38-27-11-7-9-24(19-27)10-8-17-36/h7,9,11,13-16,19,28H,4-6,12,17-18,20,36H2,1-3H3,(H,37,44)(H,38,43)/t28-/m0/s1. The second-order valence-corrected chi connectivity index (χ2v) is 12.5. The van der Waals surface area contributed by atoms with E-state index in [9.17, 15) is 9.59 Å². The number of aryl methyl sites for hydroxylation is 2. The van der Waals surface area contributed by atoms with Crippen LogP contribution in [0.1, 0.15) is 76.9 Å². The van der Waals surface area contributed by atoms with Crippen LogP contribution in [0.25, 0.3) is 5.00 Å². The number of nitrogens with zero attached hydrogens (tertiary/aromatic N) is 4. The summed E-state index contributed by atoms with van der Waals surface area (Å²) in [5.41, 5.74) is 10.9. The first-order valence-corrected chi connectivity index (χ1v) is 16.2. The molecule has 2 aromatic heterocycles. The van der Waals surface area contributed by atoms with E-state index in [0.29, 0.717) is 29.5 Å². The van der Waals surface area contributed by atoms with Crippen LogP contribution in [0.2, 0.25) is 5.02 Å². The summed E-state index contributed by atoms with van der Waals surface area (Å²) >= 11 is 7.88. The predicted molar refractivity (Wildman–Crippen MR) is 180 cm³/mol. The molecule has 1 atom stereocenters. The van der Waals surface area contributed by atoms with E-state index in [0.717, 1.165) is 58.1 Å². The summed E-state index contributed by atoms with van der Waals surface area (Å²) in [6.45, 7) is 6.92. The number of benzene rings is 2. The lowest BCUT2D eigenvalue weighted by atomic mass is 9.99. The molecule has 232 valence electrons. The molecule has 0 saturated carbocycles. The van der Waals surface area contributed by atoms with Crippen LogP contribution in [0, 0.1) is 32.6 Å². The summed E-state index contributed by atoms with van der Waals surface area (Å²) in [6, 6.07) is 14.5. The van der Waals surface area contributed by atoms with Crippen molar-refractivity contribution in [2.24, 2.45) is 10.7 Å². The number of carbonyl (C=O) groups excluding carboxylic acids is 2. The maximum Gasteiger partial charge on any atom is 0.224 e. The van der Waals surface area contributed by atoms with Gasteiger partial charge in [0.2, 0.25) is 11.8 Å². The second kappa shape index (κ2) is 14.7. The van der Waals surface area contributed by atoms with Crippen molar-refractivity contribution in [3.8, 4) is 16.8 Å². The molecule has 1 aliphatic rings. The van der Waals surface area contributed by atoms with Crippen LogP contribution in [0.3, 0.4) is 0 Å². The number of amides is 2. The Hall–Kier alpha value is -4.30. The molecule has 0 spiro atoms. The molecule has 3 heterocycles. The average molecular weight is 642 g/mol. The number of hydrogen-bond donors (Lipinski definition) is 3. The topological polar surface area (TPSA) is 127 Å². The summed E-state index contributed by atoms with van der Waals surface area (Å²) in [7, 11) is 0. The average Bonchev–Trinajstić information content (AvgIpc) is 3.50. The first kappa shape index (κ1) is 32.1. The molecule has 45 heavy (non-hydrogen) atoms. The van der Waals surface area contributed by atoms with Gasteiger partial charge in [-0.05, 0) is 69.5 Å². The lowest BCUT2D eigenvalue weighted by Crippen LogP contribution is -2.26. The van der Waals surface area contributed by atoms with Crippen LogP contribution < -0.4 is 16.4 Å². The first-order chi connectivity index (χ1) is 21.7. The molecule has 0 fully saturated rings. The van der Waals surface area contributed by atoms with Crippen molar-refractivity contribution in [3.63, 3.8) is 0 Å². The van der Waals surface area contributed by atoms with E-state index in [1.54, 1.807) is 11.3 Å². The number of hydrogen-bond acceptors (Lipinski definition) is 7. The smallest absolute Gasteiger partial charge is 0.224 e. The minimum Gasteiger partial charge on any atom is -0.356 e. The van der Waals surface area contributed by atoms with Gasteiger partial charge in [-0.2, -0.15) is 0 Å². The molecule has 2 aromatic carbocycles. The Morgan fingerprint density at radius 2 is 1.84 bits per heavy atom. The number of rotatable bonds is 10. The van der Waals surface area contributed by atoms with Crippen LogP contribution in [0.4, 0.5) is 5.69 Å². The molecule has 0 saturated heterocycles. The molecule has 0 radical (unpaired) electrons. The fraction of sp³-hybridized carbons (Fsp3) is 0.324. The van der Waals surface area contributed by atoms with E-state index in [1.165, 1.54) is 4.88 Å². The van der Waals surface area contributed by atoms with E-state index < -0.39 is 6.04 Å². The molecular weight excluding hydrogens is 606 g/mol. The predicted octanol–water partition coefficient (Wildman–Crippen LogP) is 5.82. The van der Waals surface area contributed by atoms with Crippen LogP contribution >= 0.6 is 22.9 Å². The molecule has 0 aliphatic carbocycles. The van der Waals surface area contributed by atoms with Gasteiger partial charge in [0.1, 0.15) is 16.9 Å². The summed E-state index contributed by atoms with van der Waals surface area (Å²) in [5.74, 6) is 7.02. The SMILES string of the molecule is Cc1sc2c(c1C)C(c1ccc(Cl)cc1)=N[C@@H](CC(=O)NCCCCCC(=O)Nc1cccc(C#CCN)c1)c1nnc(C)n1-2. The Bertz CT molecular complexity index is 1800. The molecule has 0 unspecified atom stereocenters. The number of aromatic nitrogens is 3. The van der Waals surface area contributed by atoms with Crippen LogP contribution in [0.15, 0.2) is 53.5 Å². The highest BCUT2D eigenvalue weighted by Gasteiger charge is 2.32. The zero-order valence-corrected chi connectivity index (χ0v) is 27.2. The minimum atomic E-state index is -0.514. The van der Waals surface area contributed by atoms with Crippen molar-refractivity contribution in [2.45, 2.75) is 58.9 Å². The van der Waals surface area contributed by atoms with Gasteiger partial charge in [-0.25, -0.2) is 0 Å². The first-order valence-electron chi connectivity index (χ1n) is 15.0. The number of unbranched alkanes of at least 4 members (excludes halogenated alkanes) is 2. The largest absolute Gasteiger partial charge is 0.356 e. The number of nitrogens with two attached hydrogens (primary N) is 1. The van der Waals surface area contributed by atoms with Crippen molar-refractivity contribution in [1.29, 1.82) is 0 Å². The number of thiophene rings is 1. The van der Waals surface area contributed by atoms with Crippen molar-refractivity contribution in [1.82, 2.24) is 20.1 Å². The molecular formula is C34H36ClN7O2S. The molecule has 2 amide bonds. The molecule has 1 aliphatic heterocycles. The number of halogens is 1. The van der Waals surface area contributed by atoms with Crippen LogP contribution in [0.5, 0.6) is 0 Å². The highest BCUT2D eigenvalue weighted by Crippen LogP contribution is 2.39. The van der Waals surface area contributed by atoms with Gasteiger partial charge >= 0.3 is 0 Å². The monoisotopic (exact) mass is 641 g/mol. The Labute approximate surface area is 272 Å². The Morgan fingerprint density at radius 3 is 2.62 bits per heavy atom. The number of nitrogens with one attached hydrogen (secondary N) is 2. The van der Waals surface area contributed by atoms with Crippen LogP contribution in [-0.4, -0.2) is 45.4 Å². The maximum absolute atomic E-state index is 13.2. The number of carbonyl (C=O) groups is 2. The number of fused-ring (bicyclic) bond motifs is 3. The lowest BCUT2D eigenvalue weighted by Gasteiger charge is -2.13. The highest BCUT2D eigenvalue weighted by molar-refractivity contribution is 7.15. The zero-order chi connectivity index (χ0) is 31.9. The minimum absolute atomic E-state index is 0.0518. The van der Waals surface area contributed by atoms with Gasteiger partial charge < -0.3 is 16.4 Å². The van der Waals surface area contributed by atoms with Crippen molar-refractivity contribution < 1.29 is 9.59 Å². The third kappa shape index (κ3) is 7.68. The van der Waals surface area contributed by atoms with Gasteiger partial charge in [-0.1, -0.05) is 48.1 Å². The van der Waals surface area contributed by atoms with Gasteiger partial charge in [0.05, 0.1) is 18.7 Å². The third-order valence-corrected chi connectivity index (χ3v) is 9.06. The fourth-order valence-electron chi connectivity index (χ4n) is 5.25. The molecule has 9 nitrogen and oxygen atoms in total. The highest BCUT2D eigenvalue weighted by atomic mass is 35.5. The van der Waals surface area contributed by atoms with Crippen molar-refractivity contribution >= 4 is 46.2 Å². The van der Waals surface area contributed by atoms with Gasteiger partial charge in [0.25, 0.3) is 0 Å². The van der Waals surface area contributed by atoms with E-state index in [-0.39, 0.29) is 24.8 Å². The summed E-state index contributed by atoms with van der Waals surface area (Å²) in [4.78, 5) is 31.9. The summed E-state index contributed by atoms with van der Waals surface area (Å²) in [5, 5.41) is 16.4. The molecule has 5 rings (SSSR count). The number of aliphatic imine (C=N–C) groups is 1. The summed E-state index contributed by atoms with van der Waals surface area (Å²) < 4.78 is 2.04. The van der Waals surface area contributed by atoms with E-state index in [2.05, 4.69) is 46.5 Å². The maximum atomic E-state index is 13.2. The van der Waals surface area contributed by atoms with Crippen LogP contribution in [-0.2, 0) is 9.59 Å². The molecule has 4 N–H and O–H groups in total. The number of anilines is 1. The van der Waals surface area contributed by atoms with E-state index in [1.807, 2.05) is 60.0 Å². The Kier molecular flexibility index (Phi) is 10.5. The van der Waals surface area contributed by atoms with Crippen molar-refractivity contribution in [3.05, 3.63) is 92.3 Å². The Morgan fingerprint density at radius 1 is 1.04 bits per heavy atom. The summed E-state index contributed by atoms with van der Waals surface area (Å²) in [6.07, 6.45) is 2.83. The van der Waals surface area contributed by atoms with Gasteiger partial charge in [-0.3, -0.25) is 19.1 Å².